The van der Waals surface area contributed by atoms with Gasteiger partial charge in [0.25, 0.3) is 0 Å². The molecule has 0 aliphatic carbocycles. The molecule has 1 amide bonds. The lowest BCUT2D eigenvalue weighted by Gasteiger charge is -2.34. The highest BCUT2D eigenvalue weighted by atomic mass is 127. The average molecular weight is 497 g/mol. The van der Waals surface area contributed by atoms with Crippen LogP contribution in [-0.4, -0.2) is 67.7 Å². The van der Waals surface area contributed by atoms with Gasteiger partial charge in [-0.25, -0.2) is 0 Å². The summed E-state index contributed by atoms with van der Waals surface area (Å²) in [6.07, 6.45) is 2.19. The Hall–Kier alpha value is -0.670. The zero-order chi connectivity index (χ0) is 17.5. The van der Waals surface area contributed by atoms with Crippen LogP contribution in [0.3, 0.4) is 0 Å². The molecule has 140 valence electrons. The number of nitrogens with one attached hydrogen (secondary N) is 1. The number of aliphatic imine (C=N–C) groups is 1. The van der Waals surface area contributed by atoms with E-state index in [1.807, 2.05) is 23.9 Å². The first-order chi connectivity index (χ1) is 11.5. The molecule has 0 unspecified atom stereocenters. The van der Waals surface area contributed by atoms with Crippen molar-refractivity contribution in [3.63, 3.8) is 0 Å². The Labute approximate surface area is 176 Å². The number of piperidine rings is 1. The summed E-state index contributed by atoms with van der Waals surface area (Å²) in [7, 11) is 5.27. The number of carbonyl (C=O) groups is 1. The van der Waals surface area contributed by atoms with Gasteiger partial charge in [-0.05, 0) is 37.1 Å². The zero-order valence-electron chi connectivity index (χ0n) is 14.9. The quantitative estimate of drug-likeness (QED) is 0.395. The van der Waals surface area contributed by atoms with Crippen LogP contribution in [-0.2, 0) is 4.79 Å². The van der Waals surface area contributed by atoms with Gasteiger partial charge in [0.1, 0.15) is 0 Å². The molecule has 0 atom stereocenters. The van der Waals surface area contributed by atoms with E-state index in [-0.39, 0.29) is 36.4 Å². The van der Waals surface area contributed by atoms with E-state index in [1.54, 1.807) is 26.0 Å². The highest BCUT2D eigenvalue weighted by Gasteiger charge is 2.22. The third kappa shape index (κ3) is 7.22. The minimum atomic E-state index is 0. The standard InChI is InChI=1S/C17H25ClN4OS.HI/c1-19-17(20-12-16(23)21(2)3)22-10-8-15(9-11-22)24-14-6-4-13(18)5-7-14;/h4-7,15H,8-12H2,1-3H3,(H,19,20);1H. The fourth-order valence-corrected chi connectivity index (χ4v) is 3.79. The number of benzene rings is 1. The molecule has 0 radical (unpaired) electrons. The van der Waals surface area contributed by atoms with E-state index in [0.29, 0.717) is 5.25 Å². The van der Waals surface area contributed by atoms with Crippen molar-refractivity contribution in [2.75, 3.05) is 40.8 Å². The summed E-state index contributed by atoms with van der Waals surface area (Å²) in [5, 5.41) is 4.53. The molecule has 2 rings (SSSR count). The molecule has 1 aliphatic rings. The molecule has 1 aliphatic heterocycles. The molecule has 0 bridgehead atoms. The number of likely N-dealkylation sites (tertiary alicyclic amines) is 1. The van der Waals surface area contributed by atoms with E-state index in [4.69, 9.17) is 11.6 Å². The van der Waals surface area contributed by atoms with Crippen molar-refractivity contribution in [2.24, 2.45) is 4.99 Å². The third-order valence-electron chi connectivity index (χ3n) is 3.97. The van der Waals surface area contributed by atoms with Gasteiger partial charge in [0.2, 0.25) is 5.91 Å². The number of nitrogens with zero attached hydrogens (tertiary/aromatic N) is 3. The van der Waals surface area contributed by atoms with Gasteiger partial charge in [0.05, 0.1) is 6.54 Å². The second kappa shape index (κ2) is 11.1. The van der Waals surface area contributed by atoms with Crippen LogP contribution in [0.5, 0.6) is 0 Å². The molecule has 0 spiro atoms. The van der Waals surface area contributed by atoms with Gasteiger partial charge in [-0.2, -0.15) is 0 Å². The first-order valence-electron chi connectivity index (χ1n) is 8.07. The van der Waals surface area contributed by atoms with Crippen molar-refractivity contribution in [3.8, 4) is 0 Å². The molecule has 1 saturated heterocycles. The van der Waals surface area contributed by atoms with E-state index >= 15 is 0 Å². The fraction of sp³-hybridized carbons (Fsp3) is 0.529. The smallest absolute Gasteiger partial charge is 0.241 e. The van der Waals surface area contributed by atoms with Crippen LogP contribution in [0.4, 0.5) is 0 Å². The number of carbonyl (C=O) groups excluding carboxylic acids is 1. The summed E-state index contributed by atoms with van der Waals surface area (Å²) in [6.45, 7) is 2.17. The van der Waals surface area contributed by atoms with E-state index in [0.717, 1.165) is 36.9 Å². The number of hydrogen-bond donors (Lipinski definition) is 1. The van der Waals surface area contributed by atoms with Crippen LogP contribution in [0.25, 0.3) is 0 Å². The maximum Gasteiger partial charge on any atom is 0.241 e. The number of hydrogen-bond acceptors (Lipinski definition) is 3. The van der Waals surface area contributed by atoms with Gasteiger partial charge in [-0.1, -0.05) is 11.6 Å². The van der Waals surface area contributed by atoms with E-state index in [9.17, 15) is 4.79 Å². The zero-order valence-corrected chi connectivity index (χ0v) is 18.8. The number of halogens is 2. The minimum Gasteiger partial charge on any atom is -0.347 e. The monoisotopic (exact) mass is 496 g/mol. The summed E-state index contributed by atoms with van der Waals surface area (Å²) >= 11 is 7.84. The Morgan fingerprint density at radius 2 is 1.92 bits per heavy atom. The van der Waals surface area contributed by atoms with Crippen LogP contribution < -0.4 is 5.32 Å². The predicted octanol–water partition coefficient (Wildman–Crippen LogP) is 3.18. The SMILES string of the molecule is CN=C(NCC(=O)N(C)C)N1CCC(Sc2ccc(Cl)cc2)CC1.I. The number of guanidine groups is 1. The molecule has 1 aromatic carbocycles. The summed E-state index contributed by atoms with van der Waals surface area (Å²) in [6, 6.07) is 8.03. The lowest BCUT2D eigenvalue weighted by Crippen LogP contribution is -2.48. The van der Waals surface area contributed by atoms with Gasteiger partial charge in [0.15, 0.2) is 5.96 Å². The Kier molecular flexibility index (Phi) is 9.96. The van der Waals surface area contributed by atoms with Gasteiger partial charge < -0.3 is 15.1 Å². The van der Waals surface area contributed by atoms with Gasteiger partial charge in [-0.3, -0.25) is 9.79 Å². The Balaban J connectivity index is 0.00000312. The molecule has 5 nitrogen and oxygen atoms in total. The second-order valence-electron chi connectivity index (χ2n) is 5.95. The Bertz CT molecular complexity index is 575. The third-order valence-corrected chi connectivity index (χ3v) is 5.57. The van der Waals surface area contributed by atoms with E-state index in [2.05, 4.69) is 27.3 Å². The lowest BCUT2D eigenvalue weighted by atomic mass is 10.1. The normalized spacial score (nSPS) is 15.5. The maximum absolute atomic E-state index is 11.7. The van der Waals surface area contributed by atoms with Crippen LogP contribution in [0.1, 0.15) is 12.8 Å². The van der Waals surface area contributed by atoms with Gasteiger partial charge in [-0.15, -0.1) is 35.7 Å². The van der Waals surface area contributed by atoms with Crippen molar-refractivity contribution in [3.05, 3.63) is 29.3 Å². The van der Waals surface area contributed by atoms with Gasteiger partial charge in [0, 0.05) is 49.4 Å². The first kappa shape index (κ1) is 22.4. The van der Waals surface area contributed by atoms with Crippen molar-refractivity contribution >= 4 is 59.2 Å². The summed E-state index contributed by atoms with van der Waals surface area (Å²) < 4.78 is 0. The molecule has 1 aromatic rings. The first-order valence-corrected chi connectivity index (χ1v) is 9.33. The average Bonchev–Trinajstić information content (AvgIpc) is 2.58. The summed E-state index contributed by atoms with van der Waals surface area (Å²) in [4.78, 5) is 21.1. The number of thioether (sulfide) groups is 1. The Morgan fingerprint density at radius 3 is 2.44 bits per heavy atom. The van der Waals surface area contributed by atoms with E-state index in [1.165, 1.54) is 4.90 Å². The van der Waals surface area contributed by atoms with Crippen LogP contribution in [0, 0.1) is 0 Å². The highest BCUT2D eigenvalue weighted by Crippen LogP contribution is 2.31. The largest absolute Gasteiger partial charge is 0.347 e. The maximum atomic E-state index is 11.7. The Morgan fingerprint density at radius 1 is 1.32 bits per heavy atom. The molecule has 0 aromatic heterocycles. The van der Waals surface area contributed by atoms with Crippen LogP contribution >= 0.6 is 47.3 Å². The van der Waals surface area contributed by atoms with Crippen molar-refractivity contribution in [1.82, 2.24) is 15.1 Å². The van der Waals surface area contributed by atoms with Crippen LogP contribution in [0.2, 0.25) is 5.02 Å². The minimum absolute atomic E-state index is 0. The van der Waals surface area contributed by atoms with Crippen molar-refractivity contribution in [1.29, 1.82) is 0 Å². The van der Waals surface area contributed by atoms with Crippen LogP contribution in [0.15, 0.2) is 34.2 Å². The summed E-state index contributed by atoms with van der Waals surface area (Å²) in [5.74, 6) is 0.851. The fourth-order valence-electron chi connectivity index (χ4n) is 2.54. The number of likely N-dealkylation sites (N-methyl/N-ethyl adjacent to an activating group) is 1. The predicted molar refractivity (Wildman–Crippen MR) is 117 cm³/mol. The summed E-state index contributed by atoms with van der Waals surface area (Å²) in [5.41, 5.74) is 0. The second-order valence-corrected chi connectivity index (χ2v) is 7.76. The molecule has 1 heterocycles. The molecule has 1 fully saturated rings. The molecule has 1 N–H and O–H groups in total. The molecule has 8 heteroatoms. The number of amides is 1. The number of rotatable bonds is 4. The molecular formula is C17H26ClIN4OS. The van der Waals surface area contributed by atoms with Gasteiger partial charge >= 0.3 is 0 Å². The van der Waals surface area contributed by atoms with E-state index < -0.39 is 0 Å². The lowest BCUT2D eigenvalue weighted by molar-refractivity contribution is -0.127. The molecular weight excluding hydrogens is 471 g/mol. The molecule has 25 heavy (non-hydrogen) atoms. The van der Waals surface area contributed by atoms with Crippen molar-refractivity contribution in [2.45, 2.75) is 23.0 Å². The molecule has 0 saturated carbocycles. The highest BCUT2D eigenvalue weighted by molar-refractivity contribution is 14.0. The topological polar surface area (TPSA) is 47.9 Å². The van der Waals surface area contributed by atoms with Crippen molar-refractivity contribution < 1.29 is 4.79 Å².